The van der Waals surface area contributed by atoms with Crippen molar-refractivity contribution in [3.05, 3.63) is 12.5 Å². The van der Waals surface area contributed by atoms with Gasteiger partial charge in [-0.05, 0) is 12.8 Å². The second kappa shape index (κ2) is 6.40. The zero-order chi connectivity index (χ0) is 14.7. The molecule has 1 fully saturated rings. The molecular weight excluding hydrogens is 290 g/mol. The van der Waals surface area contributed by atoms with Crippen LogP contribution in [0.3, 0.4) is 0 Å². The molecule has 21 heavy (non-hydrogen) atoms. The topological polar surface area (TPSA) is 81.9 Å². The molecule has 0 aliphatic carbocycles. The van der Waals surface area contributed by atoms with Gasteiger partial charge in [-0.15, -0.1) is 0 Å². The maximum Gasteiger partial charge on any atom is 0.230 e. The van der Waals surface area contributed by atoms with E-state index in [1.165, 1.54) is 18.1 Å². The smallest absolute Gasteiger partial charge is 0.230 e. The summed E-state index contributed by atoms with van der Waals surface area (Å²) in [4.78, 5) is 20.3. The van der Waals surface area contributed by atoms with Gasteiger partial charge in [-0.1, -0.05) is 11.8 Å². The highest BCUT2D eigenvalue weighted by Crippen LogP contribution is 2.23. The summed E-state index contributed by atoms with van der Waals surface area (Å²) in [6.07, 6.45) is 5.49. The van der Waals surface area contributed by atoms with Gasteiger partial charge >= 0.3 is 0 Å². The number of carbonyl (C=O) groups is 1. The number of fused-ring (bicyclic) bond motifs is 1. The summed E-state index contributed by atoms with van der Waals surface area (Å²) in [5.41, 5.74) is 0.771. The fourth-order valence-electron chi connectivity index (χ4n) is 2.27. The Bertz CT molecular complexity index is 639. The van der Waals surface area contributed by atoms with Crippen LogP contribution in [0.25, 0.3) is 11.0 Å². The number of rotatable bonds is 5. The lowest BCUT2D eigenvalue weighted by Crippen LogP contribution is -2.32. The molecule has 112 valence electrons. The third-order valence-electron chi connectivity index (χ3n) is 3.38. The molecule has 7 nitrogen and oxygen atoms in total. The van der Waals surface area contributed by atoms with Crippen LogP contribution in [0.2, 0.25) is 0 Å². The standard InChI is InChI=1S/C13H17N5O2S/c1-18-12-10(6-17-18)13(16-8-15-12)21-7-11(19)14-5-9-3-2-4-20-9/h6,8-9H,2-5,7H2,1H3,(H,14,19). The van der Waals surface area contributed by atoms with Gasteiger partial charge in [0, 0.05) is 20.2 Å². The summed E-state index contributed by atoms with van der Waals surface area (Å²) >= 11 is 1.40. The van der Waals surface area contributed by atoms with Crippen molar-refractivity contribution in [2.45, 2.75) is 24.0 Å². The minimum absolute atomic E-state index is 0.00819. The molecule has 1 amide bonds. The van der Waals surface area contributed by atoms with Gasteiger partial charge in [0.25, 0.3) is 0 Å². The molecule has 0 saturated carbocycles. The molecule has 1 atom stereocenters. The molecule has 1 aliphatic rings. The molecule has 3 heterocycles. The molecule has 0 spiro atoms. The minimum atomic E-state index is -0.00819. The maximum absolute atomic E-state index is 11.9. The quantitative estimate of drug-likeness (QED) is 0.648. The number of hydrogen-bond donors (Lipinski definition) is 1. The number of amides is 1. The van der Waals surface area contributed by atoms with Crippen LogP contribution < -0.4 is 5.32 Å². The number of thioether (sulfide) groups is 1. The third kappa shape index (κ3) is 3.33. The predicted molar refractivity (Wildman–Crippen MR) is 79.0 cm³/mol. The summed E-state index contributed by atoms with van der Waals surface area (Å²) in [7, 11) is 1.83. The van der Waals surface area contributed by atoms with Crippen molar-refractivity contribution in [2.75, 3.05) is 18.9 Å². The Balaban J connectivity index is 1.54. The number of ether oxygens (including phenoxy) is 1. The summed E-state index contributed by atoms with van der Waals surface area (Å²) < 4.78 is 7.17. The van der Waals surface area contributed by atoms with E-state index in [9.17, 15) is 4.79 Å². The van der Waals surface area contributed by atoms with Gasteiger partial charge < -0.3 is 10.1 Å². The Kier molecular flexibility index (Phi) is 4.35. The Hall–Kier alpha value is -1.67. The molecule has 1 N–H and O–H groups in total. The van der Waals surface area contributed by atoms with Crippen molar-refractivity contribution in [1.82, 2.24) is 25.1 Å². The first kappa shape index (κ1) is 14.3. The Labute approximate surface area is 126 Å². The van der Waals surface area contributed by atoms with E-state index < -0.39 is 0 Å². The van der Waals surface area contributed by atoms with Crippen molar-refractivity contribution < 1.29 is 9.53 Å². The molecule has 8 heteroatoms. The van der Waals surface area contributed by atoms with Gasteiger partial charge in [0.1, 0.15) is 11.4 Å². The van der Waals surface area contributed by atoms with Crippen molar-refractivity contribution >= 4 is 28.7 Å². The largest absolute Gasteiger partial charge is 0.376 e. The lowest BCUT2D eigenvalue weighted by atomic mass is 10.2. The van der Waals surface area contributed by atoms with Crippen LogP contribution in [-0.4, -0.2) is 50.7 Å². The van der Waals surface area contributed by atoms with E-state index in [1.54, 1.807) is 10.9 Å². The third-order valence-corrected chi connectivity index (χ3v) is 4.39. The van der Waals surface area contributed by atoms with Crippen LogP contribution in [-0.2, 0) is 16.6 Å². The zero-order valence-electron chi connectivity index (χ0n) is 11.8. The van der Waals surface area contributed by atoms with E-state index in [4.69, 9.17) is 4.74 Å². The normalized spacial score (nSPS) is 18.2. The number of hydrogen-bond acceptors (Lipinski definition) is 6. The Morgan fingerprint density at radius 1 is 1.57 bits per heavy atom. The number of aromatic nitrogens is 4. The molecular formula is C13H17N5O2S. The number of aryl methyl sites for hydroxylation is 1. The second-order valence-corrected chi connectivity index (χ2v) is 5.88. The highest BCUT2D eigenvalue weighted by Gasteiger charge is 2.16. The minimum Gasteiger partial charge on any atom is -0.376 e. The average Bonchev–Trinajstić information content (AvgIpc) is 3.13. The number of carbonyl (C=O) groups excluding carboxylic acids is 1. The van der Waals surface area contributed by atoms with Gasteiger partial charge in [-0.2, -0.15) is 5.10 Å². The Morgan fingerprint density at radius 3 is 3.29 bits per heavy atom. The second-order valence-electron chi connectivity index (χ2n) is 4.91. The number of nitrogens with zero attached hydrogens (tertiary/aromatic N) is 4. The van der Waals surface area contributed by atoms with E-state index >= 15 is 0 Å². The van der Waals surface area contributed by atoms with Crippen LogP contribution >= 0.6 is 11.8 Å². The average molecular weight is 307 g/mol. The molecule has 3 rings (SSSR count). The first-order chi connectivity index (χ1) is 10.2. The highest BCUT2D eigenvalue weighted by molar-refractivity contribution is 8.00. The van der Waals surface area contributed by atoms with E-state index in [-0.39, 0.29) is 12.0 Å². The van der Waals surface area contributed by atoms with Crippen molar-refractivity contribution in [3.8, 4) is 0 Å². The van der Waals surface area contributed by atoms with Crippen molar-refractivity contribution in [1.29, 1.82) is 0 Å². The van der Waals surface area contributed by atoms with Crippen molar-refractivity contribution in [2.24, 2.45) is 7.05 Å². The van der Waals surface area contributed by atoms with Gasteiger partial charge in [0.05, 0.1) is 23.4 Å². The Morgan fingerprint density at radius 2 is 2.48 bits per heavy atom. The van der Waals surface area contributed by atoms with E-state index in [0.717, 1.165) is 35.5 Å². The zero-order valence-corrected chi connectivity index (χ0v) is 12.6. The summed E-state index contributed by atoms with van der Waals surface area (Å²) in [6, 6.07) is 0. The maximum atomic E-state index is 11.9. The molecule has 1 unspecified atom stereocenters. The van der Waals surface area contributed by atoms with Gasteiger partial charge in [0.15, 0.2) is 5.65 Å². The fraction of sp³-hybridized carbons (Fsp3) is 0.538. The molecule has 2 aromatic rings. The SMILES string of the molecule is Cn1ncc2c(SCC(=O)NCC3CCCO3)ncnc21. The van der Waals surface area contributed by atoms with Crippen LogP contribution in [0.4, 0.5) is 0 Å². The number of nitrogens with one attached hydrogen (secondary N) is 1. The van der Waals surface area contributed by atoms with Crippen molar-refractivity contribution in [3.63, 3.8) is 0 Å². The molecule has 0 bridgehead atoms. The van der Waals surface area contributed by atoms with Crippen LogP contribution in [0, 0.1) is 0 Å². The van der Waals surface area contributed by atoms with Gasteiger partial charge in [0.2, 0.25) is 5.91 Å². The molecule has 1 aliphatic heterocycles. The summed E-state index contributed by atoms with van der Waals surface area (Å²) in [6.45, 7) is 1.39. The van der Waals surface area contributed by atoms with Crippen LogP contribution in [0.15, 0.2) is 17.6 Å². The molecule has 0 aromatic carbocycles. The van der Waals surface area contributed by atoms with E-state index in [1.807, 2.05) is 7.05 Å². The van der Waals surface area contributed by atoms with Crippen LogP contribution in [0.5, 0.6) is 0 Å². The lowest BCUT2D eigenvalue weighted by Gasteiger charge is -2.10. The predicted octanol–water partition coefficient (Wildman–Crippen LogP) is 0.751. The molecule has 0 radical (unpaired) electrons. The van der Waals surface area contributed by atoms with E-state index in [2.05, 4.69) is 20.4 Å². The monoisotopic (exact) mass is 307 g/mol. The fourth-order valence-corrected chi connectivity index (χ4v) is 3.06. The van der Waals surface area contributed by atoms with E-state index in [0.29, 0.717) is 12.3 Å². The lowest BCUT2D eigenvalue weighted by molar-refractivity contribution is -0.119. The van der Waals surface area contributed by atoms with Gasteiger partial charge in [-0.3, -0.25) is 9.48 Å². The highest BCUT2D eigenvalue weighted by atomic mass is 32.2. The van der Waals surface area contributed by atoms with Gasteiger partial charge in [-0.25, -0.2) is 9.97 Å². The molecule has 1 saturated heterocycles. The summed E-state index contributed by atoms with van der Waals surface area (Å²) in [5.74, 6) is 0.319. The summed E-state index contributed by atoms with van der Waals surface area (Å²) in [5, 5.41) is 8.71. The van der Waals surface area contributed by atoms with Crippen LogP contribution in [0.1, 0.15) is 12.8 Å². The first-order valence-electron chi connectivity index (χ1n) is 6.88. The first-order valence-corrected chi connectivity index (χ1v) is 7.86. The molecule has 2 aromatic heterocycles.